The highest BCUT2D eigenvalue weighted by Gasteiger charge is 2.42. The molecule has 1 aliphatic rings. The summed E-state index contributed by atoms with van der Waals surface area (Å²) >= 11 is 0. The van der Waals surface area contributed by atoms with Crippen molar-refractivity contribution in [2.24, 2.45) is 0 Å². The summed E-state index contributed by atoms with van der Waals surface area (Å²) in [4.78, 5) is 0. The Morgan fingerprint density at radius 3 is 1.88 bits per heavy atom. The van der Waals surface area contributed by atoms with Gasteiger partial charge in [-0.2, -0.15) is 0 Å². The van der Waals surface area contributed by atoms with Gasteiger partial charge in [0.1, 0.15) is 12.2 Å². The van der Waals surface area contributed by atoms with Gasteiger partial charge in [0.2, 0.25) is 0 Å². The maximum atomic E-state index is 6.34. The van der Waals surface area contributed by atoms with Crippen molar-refractivity contribution in [2.45, 2.75) is 50.8 Å². The highest BCUT2D eigenvalue weighted by Crippen LogP contribution is 2.29. The van der Waals surface area contributed by atoms with Crippen LogP contribution in [0.25, 0.3) is 0 Å². The lowest BCUT2D eigenvalue weighted by Crippen LogP contribution is -2.41. The second kappa shape index (κ2) is 12.6. The third-order valence-corrected chi connectivity index (χ3v) is 5.74. The number of rotatable bonds is 12. The molecule has 0 radical (unpaired) electrons. The van der Waals surface area contributed by atoms with E-state index in [2.05, 4.69) is 36.4 Å². The molecule has 0 spiro atoms. The molecule has 1 heterocycles. The Morgan fingerprint density at radius 1 is 0.758 bits per heavy atom. The van der Waals surface area contributed by atoms with E-state index in [1.165, 1.54) is 0 Å². The summed E-state index contributed by atoms with van der Waals surface area (Å²) < 4.78 is 30.4. The molecule has 5 nitrogen and oxygen atoms in total. The fourth-order valence-corrected chi connectivity index (χ4v) is 3.94. The van der Waals surface area contributed by atoms with Crippen molar-refractivity contribution in [1.82, 2.24) is 0 Å². The molecular weight excluding hydrogens is 416 g/mol. The lowest BCUT2D eigenvalue weighted by molar-refractivity contribution is -0.174. The largest absolute Gasteiger partial charge is 0.374 e. The van der Waals surface area contributed by atoms with Gasteiger partial charge < -0.3 is 23.7 Å². The van der Waals surface area contributed by atoms with Crippen LogP contribution < -0.4 is 0 Å². The van der Waals surface area contributed by atoms with Crippen LogP contribution in [0.3, 0.4) is 0 Å². The molecule has 174 valence electrons. The highest BCUT2D eigenvalue weighted by atomic mass is 16.7. The summed E-state index contributed by atoms with van der Waals surface area (Å²) in [5.41, 5.74) is 3.35. The molecule has 5 heteroatoms. The number of methoxy groups -OCH3 is 1. The molecule has 0 aliphatic carbocycles. The van der Waals surface area contributed by atoms with Crippen molar-refractivity contribution in [2.75, 3.05) is 13.7 Å². The van der Waals surface area contributed by atoms with Gasteiger partial charge in [0, 0.05) is 13.5 Å². The first-order chi connectivity index (χ1) is 16.3. The third kappa shape index (κ3) is 7.22. The van der Waals surface area contributed by atoms with Gasteiger partial charge in [-0.1, -0.05) is 91.0 Å². The van der Waals surface area contributed by atoms with Crippen molar-refractivity contribution in [3.63, 3.8) is 0 Å². The number of benzene rings is 3. The molecule has 0 bridgehead atoms. The predicted octanol–water partition coefficient (Wildman–Crippen LogP) is 5.14. The van der Waals surface area contributed by atoms with Crippen LogP contribution in [0.1, 0.15) is 23.1 Å². The van der Waals surface area contributed by atoms with E-state index in [0.717, 1.165) is 16.7 Å². The van der Waals surface area contributed by atoms with Crippen LogP contribution in [0.2, 0.25) is 0 Å². The van der Waals surface area contributed by atoms with Crippen LogP contribution in [-0.2, 0) is 43.5 Å². The third-order valence-electron chi connectivity index (χ3n) is 5.74. The minimum atomic E-state index is -0.326. The number of hydrogen-bond donors (Lipinski definition) is 0. The van der Waals surface area contributed by atoms with Crippen molar-refractivity contribution < 1.29 is 23.7 Å². The van der Waals surface area contributed by atoms with Gasteiger partial charge in [0.25, 0.3) is 0 Å². The van der Waals surface area contributed by atoms with Crippen molar-refractivity contribution in [3.05, 3.63) is 108 Å². The normalized spacial score (nSPS) is 21.2. The van der Waals surface area contributed by atoms with Gasteiger partial charge in [-0.25, -0.2) is 0 Å². The first-order valence-electron chi connectivity index (χ1n) is 11.4. The maximum Gasteiger partial charge on any atom is 0.160 e. The molecule has 33 heavy (non-hydrogen) atoms. The average molecular weight is 449 g/mol. The molecular formula is C28H32O5. The number of hydrogen-bond acceptors (Lipinski definition) is 5. The van der Waals surface area contributed by atoms with Crippen molar-refractivity contribution in [3.8, 4) is 0 Å². The first kappa shape index (κ1) is 23.6. The van der Waals surface area contributed by atoms with Crippen molar-refractivity contribution >= 4 is 0 Å². The zero-order chi connectivity index (χ0) is 22.7. The number of ether oxygens (including phenoxy) is 5. The fourth-order valence-electron chi connectivity index (χ4n) is 3.94. The first-order valence-corrected chi connectivity index (χ1v) is 11.4. The van der Waals surface area contributed by atoms with Crippen LogP contribution in [0.5, 0.6) is 0 Å². The van der Waals surface area contributed by atoms with E-state index in [9.17, 15) is 0 Å². The summed E-state index contributed by atoms with van der Waals surface area (Å²) in [6.45, 7) is 1.90. The van der Waals surface area contributed by atoms with E-state index < -0.39 is 0 Å². The van der Waals surface area contributed by atoms with Crippen LogP contribution in [0.4, 0.5) is 0 Å². The van der Waals surface area contributed by atoms with Crippen molar-refractivity contribution in [1.29, 1.82) is 0 Å². The van der Waals surface area contributed by atoms with Crippen LogP contribution in [0.15, 0.2) is 91.0 Å². The minimum absolute atomic E-state index is 0.156. The standard InChI is InChI=1S/C28H32O5/c1-29-27-17-25(31-19-23-13-7-3-8-14-23)28(33-27)26(32-20-24-15-9-4-10-16-24)21-30-18-22-11-5-2-6-12-22/h2-16,25-28H,17-21H2,1H3/t25-,26+,27+,28-/m1/s1. The van der Waals surface area contributed by atoms with Crippen LogP contribution in [-0.4, -0.2) is 38.3 Å². The molecule has 1 aliphatic heterocycles. The Morgan fingerprint density at radius 2 is 1.30 bits per heavy atom. The molecule has 3 aromatic rings. The van der Waals surface area contributed by atoms with Gasteiger partial charge in [0.15, 0.2) is 6.29 Å². The Hall–Kier alpha value is -2.54. The molecule has 1 fully saturated rings. The van der Waals surface area contributed by atoms with Gasteiger partial charge in [-0.15, -0.1) is 0 Å². The van der Waals surface area contributed by atoms with Gasteiger partial charge in [-0.05, 0) is 16.7 Å². The molecule has 1 saturated heterocycles. The monoisotopic (exact) mass is 448 g/mol. The Kier molecular flexibility index (Phi) is 9.04. The summed E-state index contributed by atoms with van der Waals surface area (Å²) in [7, 11) is 1.66. The lowest BCUT2D eigenvalue weighted by Gasteiger charge is -2.28. The van der Waals surface area contributed by atoms with E-state index in [1.54, 1.807) is 7.11 Å². The van der Waals surface area contributed by atoms with Crippen LogP contribution >= 0.6 is 0 Å². The smallest absolute Gasteiger partial charge is 0.160 e. The van der Waals surface area contributed by atoms with E-state index >= 15 is 0 Å². The lowest BCUT2D eigenvalue weighted by atomic mass is 10.1. The minimum Gasteiger partial charge on any atom is -0.374 e. The molecule has 4 rings (SSSR count). The van der Waals surface area contributed by atoms with Crippen LogP contribution in [0, 0.1) is 0 Å². The summed E-state index contributed by atoms with van der Waals surface area (Å²) in [6.07, 6.45) is -0.422. The van der Waals surface area contributed by atoms with E-state index in [0.29, 0.717) is 32.8 Å². The maximum absolute atomic E-state index is 6.34. The summed E-state index contributed by atoms with van der Waals surface area (Å²) in [5, 5.41) is 0. The molecule has 0 unspecified atom stereocenters. The summed E-state index contributed by atoms with van der Waals surface area (Å²) in [5.74, 6) is 0. The molecule has 0 aromatic heterocycles. The molecule has 4 atom stereocenters. The molecule has 0 amide bonds. The average Bonchev–Trinajstić information content (AvgIpc) is 3.30. The quantitative estimate of drug-likeness (QED) is 0.384. The molecule has 3 aromatic carbocycles. The Balaban J connectivity index is 1.42. The second-order valence-corrected chi connectivity index (χ2v) is 8.17. The second-order valence-electron chi connectivity index (χ2n) is 8.17. The van der Waals surface area contributed by atoms with E-state index in [1.807, 2.05) is 54.6 Å². The van der Waals surface area contributed by atoms with Gasteiger partial charge in [0.05, 0.1) is 32.5 Å². The SMILES string of the molecule is CO[C@@H]1C[C@@H](OCc2ccccc2)[C@H]([C@H](COCc2ccccc2)OCc2ccccc2)O1. The Bertz CT molecular complexity index is 919. The summed E-state index contributed by atoms with van der Waals surface area (Å²) in [6, 6.07) is 30.4. The molecule has 0 N–H and O–H groups in total. The zero-order valence-electron chi connectivity index (χ0n) is 19.0. The fraction of sp³-hybridized carbons (Fsp3) is 0.357. The molecule has 0 saturated carbocycles. The zero-order valence-corrected chi connectivity index (χ0v) is 19.0. The van der Waals surface area contributed by atoms with E-state index in [4.69, 9.17) is 23.7 Å². The van der Waals surface area contributed by atoms with Gasteiger partial charge >= 0.3 is 0 Å². The van der Waals surface area contributed by atoms with Gasteiger partial charge in [-0.3, -0.25) is 0 Å². The topological polar surface area (TPSA) is 46.2 Å². The highest BCUT2D eigenvalue weighted by molar-refractivity contribution is 5.15. The predicted molar refractivity (Wildman–Crippen MR) is 126 cm³/mol. The van der Waals surface area contributed by atoms with E-state index in [-0.39, 0.29) is 24.6 Å². The Labute approximate surface area is 196 Å².